The number of nitrogens with two attached hydrogens (primary N) is 1. The molecular weight excluding hydrogens is 950 g/mol. The Morgan fingerprint density at radius 1 is 0.986 bits per heavy atom. The number of amides is 6. The lowest BCUT2D eigenvalue weighted by Gasteiger charge is -2.31. The number of nitrogens with zero attached hydrogens (tertiary/aromatic N) is 4. The third kappa shape index (κ3) is 12.0. The van der Waals surface area contributed by atoms with Crippen molar-refractivity contribution in [2.75, 3.05) is 52.4 Å². The number of aliphatic hydroxyl groups is 2. The number of aromatic nitrogens is 2. The molecule has 0 fully saturated rings. The quantitative estimate of drug-likeness (QED) is 0.0536. The SMILES string of the molecule is CC[C@@]1(O)C(=O)OCc2c1cc1n(c2=O)Cc2c-1nc1cc(F)c(C)c3c1c2[C@@H](NC(=O)CCN(CCO)CCN(CC(N)=O)C(=O)[C@H](Cc1ccccc1)NC(=O)CNC(=O)CNC(=O)OC(C)(C)C)CC3. The van der Waals surface area contributed by atoms with Crippen LogP contribution in [0.4, 0.5) is 9.18 Å². The van der Waals surface area contributed by atoms with Crippen LogP contribution in [0.3, 0.4) is 0 Å². The van der Waals surface area contributed by atoms with Gasteiger partial charge in [0.2, 0.25) is 29.5 Å². The normalized spacial score (nSPS) is 16.9. The van der Waals surface area contributed by atoms with Gasteiger partial charge in [-0.15, -0.1) is 0 Å². The monoisotopic (exact) mass is 1010 g/mol. The highest BCUT2D eigenvalue weighted by atomic mass is 19.1. The molecule has 7 rings (SSSR count). The number of pyridine rings is 2. The Hall–Kier alpha value is -7.30. The van der Waals surface area contributed by atoms with Gasteiger partial charge in [-0.05, 0) is 75.3 Å². The van der Waals surface area contributed by atoms with E-state index in [1.165, 1.54) is 15.5 Å². The van der Waals surface area contributed by atoms with Crippen LogP contribution >= 0.6 is 0 Å². The van der Waals surface area contributed by atoms with Gasteiger partial charge in [0, 0.05) is 61.6 Å². The van der Waals surface area contributed by atoms with Crippen molar-refractivity contribution in [3.05, 3.63) is 97.6 Å². The van der Waals surface area contributed by atoms with Crippen molar-refractivity contribution >= 4 is 52.5 Å². The molecule has 2 aliphatic heterocycles. The van der Waals surface area contributed by atoms with Gasteiger partial charge in [0.05, 0.1) is 54.8 Å². The number of hydrogen-bond donors (Lipinski definition) is 7. The Balaban J connectivity index is 1.05. The first-order chi connectivity index (χ1) is 34.6. The van der Waals surface area contributed by atoms with E-state index in [1.54, 1.807) is 75.9 Å². The minimum atomic E-state index is -2.06. The van der Waals surface area contributed by atoms with Crippen molar-refractivity contribution in [2.24, 2.45) is 5.73 Å². The summed E-state index contributed by atoms with van der Waals surface area (Å²) in [6.45, 7) is 6.29. The third-order valence-corrected chi connectivity index (χ3v) is 13.3. The number of benzene rings is 2. The second-order valence-corrected chi connectivity index (χ2v) is 19.5. The molecule has 390 valence electrons. The Bertz CT molecular complexity index is 2910. The van der Waals surface area contributed by atoms with E-state index in [2.05, 4.69) is 21.3 Å². The number of fused-ring (bicyclic) bond motifs is 5. The van der Waals surface area contributed by atoms with E-state index in [1.807, 2.05) is 0 Å². The van der Waals surface area contributed by atoms with E-state index in [0.717, 1.165) is 5.56 Å². The summed E-state index contributed by atoms with van der Waals surface area (Å²) in [5.41, 5.74) is 6.76. The van der Waals surface area contributed by atoms with Gasteiger partial charge < -0.3 is 56.2 Å². The molecule has 0 radical (unpaired) electrons. The highest BCUT2D eigenvalue weighted by Gasteiger charge is 2.46. The summed E-state index contributed by atoms with van der Waals surface area (Å²) in [7, 11) is 0. The molecule has 8 N–H and O–H groups in total. The Morgan fingerprint density at radius 2 is 1.71 bits per heavy atom. The molecule has 0 spiro atoms. The van der Waals surface area contributed by atoms with Gasteiger partial charge in [-0.25, -0.2) is 19.0 Å². The van der Waals surface area contributed by atoms with Crippen molar-refractivity contribution in [1.82, 2.24) is 40.6 Å². The maximum absolute atomic E-state index is 15.5. The first-order valence-electron chi connectivity index (χ1n) is 24.2. The fraction of sp³-hybridized carbons (Fsp3) is 0.471. The van der Waals surface area contributed by atoms with Gasteiger partial charge in [-0.2, -0.15) is 0 Å². The molecule has 0 bridgehead atoms. The summed E-state index contributed by atoms with van der Waals surface area (Å²) in [5, 5.41) is 32.6. The highest BCUT2D eigenvalue weighted by Crippen LogP contribution is 2.46. The molecule has 0 unspecified atom stereocenters. The zero-order valence-electron chi connectivity index (χ0n) is 41.5. The zero-order chi connectivity index (χ0) is 52.9. The molecule has 0 saturated carbocycles. The van der Waals surface area contributed by atoms with E-state index in [9.17, 15) is 48.6 Å². The summed E-state index contributed by atoms with van der Waals surface area (Å²) < 4.78 is 27.3. The van der Waals surface area contributed by atoms with Crippen LogP contribution in [-0.2, 0) is 69.8 Å². The lowest BCUT2D eigenvalue weighted by molar-refractivity contribution is -0.172. The number of esters is 1. The molecule has 2 aromatic heterocycles. The van der Waals surface area contributed by atoms with E-state index in [0.29, 0.717) is 57.4 Å². The van der Waals surface area contributed by atoms with Gasteiger partial charge in [-0.1, -0.05) is 37.3 Å². The summed E-state index contributed by atoms with van der Waals surface area (Å²) in [6.07, 6.45) is -0.146. The van der Waals surface area contributed by atoms with E-state index < -0.39 is 90.0 Å². The predicted molar refractivity (Wildman–Crippen MR) is 262 cm³/mol. The minimum absolute atomic E-state index is 0.00553. The average molecular weight is 1010 g/mol. The molecule has 73 heavy (non-hydrogen) atoms. The fourth-order valence-corrected chi connectivity index (χ4v) is 9.64. The molecule has 4 heterocycles. The zero-order valence-corrected chi connectivity index (χ0v) is 41.5. The summed E-state index contributed by atoms with van der Waals surface area (Å²) in [6, 6.07) is 9.86. The molecule has 21 nitrogen and oxygen atoms in total. The molecule has 0 saturated heterocycles. The number of rotatable bonds is 20. The number of carbonyl (C=O) groups excluding carboxylic acids is 7. The van der Waals surface area contributed by atoms with Crippen LogP contribution in [0.15, 0.2) is 47.3 Å². The van der Waals surface area contributed by atoms with Gasteiger partial charge in [0.15, 0.2) is 5.60 Å². The van der Waals surface area contributed by atoms with Crippen molar-refractivity contribution < 1.29 is 57.6 Å². The number of hydrogen-bond acceptors (Lipinski definition) is 14. The summed E-state index contributed by atoms with van der Waals surface area (Å²) >= 11 is 0. The molecule has 22 heteroatoms. The number of aryl methyl sites for hydroxylation is 1. The highest BCUT2D eigenvalue weighted by molar-refractivity contribution is 5.95. The first kappa shape index (κ1) is 53.5. The number of alkyl carbamates (subject to hydrolysis) is 1. The topological polar surface area (TPSA) is 294 Å². The minimum Gasteiger partial charge on any atom is -0.458 e. The molecule has 6 amide bonds. The van der Waals surface area contributed by atoms with Gasteiger partial charge in [0.1, 0.15) is 30.6 Å². The van der Waals surface area contributed by atoms with Crippen LogP contribution in [-0.4, -0.2) is 135 Å². The van der Waals surface area contributed by atoms with E-state index in [4.69, 9.17) is 20.2 Å². The summed E-state index contributed by atoms with van der Waals surface area (Å²) in [5.74, 6) is -4.62. The molecular formula is C51H62FN9O12. The van der Waals surface area contributed by atoms with Crippen molar-refractivity contribution in [1.29, 1.82) is 0 Å². The van der Waals surface area contributed by atoms with Crippen LogP contribution in [0.2, 0.25) is 0 Å². The summed E-state index contributed by atoms with van der Waals surface area (Å²) in [4.78, 5) is 113. The lowest BCUT2D eigenvalue weighted by atomic mass is 9.81. The molecule has 1 aliphatic carbocycles. The van der Waals surface area contributed by atoms with Crippen LogP contribution in [0.25, 0.3) is 22.3 Å². The van der Waals surface area contributed by atoms with Gasteiger partial charge >= 0.3 is 12.1 Å². The average Bonchev–Trinajstić information content (AvgIpc) is 3.71. The molecule has 4 aromatic rings. The standard InChI is InChI=1S/C51H62FN9O12/c1-6-51(71)33-21-38-45-31(25-61(38)46(67)32(33)27-72-48(51)69)44-35(13-12-30-28(2)34(52)22-36(58-45)43(30)44)56-40(64)14-15-59(18-19-62)16-17-60(26-39(53)63)47(68)37(20-29-10-8-7-9-11-29)57-42(66)24-54-41(65)23-55-49(70)73-50(3,4)5/h7-11,21-22,35,37,62,71H,6,12-20,23-27H2,1-5H3,(H2,53,63)(H,54,65)(H,55,70)(H,56,64)(H,57,66)/t35-,37-,51-/m0/s1. The second kappa shape index (κ2) is 22.2. The molecule has 3 atom stereocenters. The van der Waals surface area contributed by atoms with Crippen LogP contribution in [0.1, 0.15) is 91.9 Å². The van der Waals surface area contributed by atoms with Crippen molar-refractivity contribution in [3.8, 4) is 11.4 Å². The number of ether oxygens (including phenoxy) is 2. The number of halogens is 1. The second-order valence-electron chi connectivity index (χ2n) is 19.5. The molecule has 3 aliphatic rings. The number of aliphatic hydroxyl groups excluding tert-OH is 1. The van der Waals surface area contributed by atoms with Crippen molar-refractivity contribution in [2.45, 2.75) is 103 Å². The first-order valence-corrected chi connectivity index (χ1v) is 24.2. The number of nitrogens with one attached hydrogen (secondary N) is 4. The largest absolute Gasteiger partial charge is 0.458 e. The molecule has 2 aromatic carbocycles. The fourth-order valence-electron chi connectivity index (χ4n) is 9.64. The predicted octanol–water partition coefficient (Wildman–Crippen LogP) is 0.997. The Morgan fingerprint density at radius 3 is 2.40 bits per heavy atom. The number of primary amides is 1. The Kier molecular flexibility index (Phi) is 16.3. The van der Waals surface area contributed by atoms with Gasteiger partial charge in [0.25, 0.3) is 5.56 Å². The third-order valence-electron chi connectivity index (χ3n) is 13.3. The van der Waals surface area contributed by atoms with Crippen LogP contribution in [0.5, 0.6) is 0 Å². The Labute approximate surface area is 420 Å². The number of carbonyl (C=O) groups is 7. The van der Waals surface area contributed by atoms with Gasteiger partial charge in [-0.3, -0.25) is 33.7 Å². The maximum atomic E-state index is 15.5. The van der Waals surface area contributed by atoms with Crippen LogP contribution in [0, 0.1) is 12.7 Å². The van der Waals surface area contributed by atoms with Crippen LogP contribution < -0.4 is 32.6 Å². The maximum Gasteiger partial charge on any atom is 0.408 e. The van der Waals surface area contributed by atoms with Crippen molar-refractivity contribution in [3.63, 3.8) is 0 Å². The lowest BCUT2D eigenvalue weighted by Crippen LogP contribution is -2.54. The van der Waals surface area contributed by atoms with E-state index >= 15 is 4.39 Å². The number of cyclic esters (lactones) is 1. The van der Waals surface area contributed by atoms with E-state index in [-0.39, 0.29) is 82.2 Å². The smallest absolute Gasteiger partial charge is 0.408 e.